The summed E-state index contributed by atoms with van der Waals surface area (Å²) >= 11 is 0. The summed E-state index contributed by atoms with van der Waals surface area (Å²) < 4.78 is 0. The highest BCUT2D eigenvalue weighted by Gasteiger charge is 2.27. The van der Waals surface area contributed by atoms with Crippen molar-refractivity contribution in [3.05, 3.63) is 29.8 Å². The molecule has 110 valence electrons. The van der Waals surface area contributed by atoms with Crippen molar-refractivity contribution in [2.45, 2.75) is 32.5 Å². The van der Waals surface area contributed by atoms with E-state index in [1.807, 2.05) is 13.0 Å². The van der Waals surface area contributed by atoms with Gasteiger partial charge in [-0.2, -0.15) is 0 Å². The molecule has 20 heavy (non-hydrogen) atoms. The minimum Gasteiger partial charge on any atom is -0.391 e. The first-order valence-corrected chi connectivity index (χ1v) is 6.99. The van der Waals surface area contributed by atoms with Crippen LogP contribution in [0.3, 0.4) is 0 Å². The quantitative estimate of drug-likeness (QED) is 0.774. The molecule has 2 rings (SSSR count). The summed E-state index contributed by atoms with van der Waals surface area (Å²) in [7, 11) is 0. The number of amides is 2. The van der Waals surface area contributed by atoms with Crippen LogP contribution in [0.4, 0.5) is 10.5 Å². The zero-order chi connectivity index (χ0) is 14.7. The first-order valence-electron chi connectivity index (χ1n) is 6.99. The number of piperidine rings is 1. The number of carbonyl (C=O) groups is 1. The summed E-state index contributed by atoms with van der Waals surface area (Å²) in [5, 5.41) is 22.2. The van der Waals surface area contributed by atoms with Crippen LogP contribution in [0.1, 0.15) is 31.9 Å². The molecule has 0 spiro atoms. The molecule has 1 aromatic carbocycles. The molecule has 3 atom stereocenters. The van der Waals surface area contributed by atoms with E-state index in [-0.39, 0.29) is 11.9 Å². The molecule has 1 aromatic rings. The number of urea groups is 1. The van der Waals surface area contributed by atoms with E-state index >= 15 is 0 Å². The lowest BCUT2D eigenvalue weighted by atomic mass is 9.96. The Morgan fingerprint density at radius 1 is 1.50 bits per heavy atom. The summed E-state index contributed by atoms with van der Waals surface area (Å²) in [5.41, 5.74) is 1.41. The standard InChI is InChI=1S/C15H22N2O3/c1-10-6-7-17(9-14(10)19)15(20)16-13-5-3-4-12(8-13)11(2)18/h3-5,8,10-11,14,18-19H,6-7,9H2,1-2H3,(H,16,20). The average Bonchev–Trinajstić information content (AvgIpc) is 2.42. The number of hydrogen-bond donors (Lipinski definition) is 3. The van der Waals surface area contributed by atoms with Crippen LogP contribution in [0.2, 0.25) is 0 Å². The molecule has 0 saturated carbocycles. The molecule has 1 fully saturated rings. The molecule has 3 N–H and O–H groups in total. The van der Waals surface area contributed by atoms with Crippen LogP contribution in [0, 0.1) is 5.92 Å². The number of carbonyl (C=O) groups excluding carboxylic acids is 1. The first-order chi connectivity index (χ1) is 9.47. The van der Waals surface area contributed by atoms with Crippen LogP contribution in [-0.2, 0) is 0 Å². The fourth-order valence-electron chi connectivity index (χ4n) is 2.31. The van der Waals surface area contributed by atoms with Gasteiger partial charge < -0.3 is 20.4 Å². The Morgan fingerprint density at radius 3 is 2.90 bits per heavy atom. The third kappa shape index (κ3) is 3.49. The Bertz CT molecular complexity index is 476. The van der Waals surface area contributed by atoms with Crippen LogP contribution >= 0.6 is 0 Å². The maximum atomic E-state index is 12.1. The maximum absolute atomic E-state index is 12.1. The van der Waals surface area contributed by atoms with Gasteiger partial charge in [-0.3, -0.25) is 0 Å². The number of aliphatic hydroxyl groups is 2. The van der Waals surface area contributed by atoms with Gasteiger partial charge >= 0.3 is 6.03 Å². The Kier molecular flexibility index (Phi) is 4.62. The second-order valence-corrected chi connectivity index (χ2v) is 5.51. The van der Waals surface area contributed by atoms with Gasteiger partial charge in [0.15, 0.2) is 0 Å². The summed E-state index contributed by atoms with van der Waals surface area (Å²) in [6.07, 6.45) is -0.217. The van der Waals surface area contributed by atoms with E-state index in [0.717, 1.165) is 12.0 Å². The van der Waals surface area contributed by atoms with E-state index < -0.39 is 12.2 Å². The third-order valence-corrected chi connectivity index (χ3v) is 3.83. The van der Waals surface area contributed by atoms with Gasteiger partial charge in [-0.15, -0.1) is 0 Å². The molecule has 0 radical (unpaired) electrons. The Labute approximate surface area is 119 Å². The van der Waals surface area contributed by atoms with Crippen molar-refractivity contribution in [1.82, 2.24) is 4.90 Å². The largest absolute Gasteiger partial charge is 0.391 e. The smallest absolute Gasteiger partial charge is 0.321 e. The number of β-amino-alcohol motifs (C(OH)–C–C–N with tert-alkyl or cyclic N) is 1. The zero-order valence-corrected chi connectivity index (χ0v) is 11.9. The summed E-state index contributed by atoms with van der Waals surface area (Å²) in [5.74, 6) is 0.234. The number of rotatable bonds is 2. The number of anilines is 1. The lowest BCUT2D eigenvalue weighted by molar-refractivity contribution is 0.0464. The molecule has 1 aliphatic rings. The molecule has 1 aliphatic heterocycles. The van der Waals surface area contributed by atoms with Crippen molar-refractivity contribution >= 4 is 11.7 Å². The molecule has 2 amide bonds. The zero-order valence-electron chi connectivity index (χ0n) is 11.9. The van der Waals surface area contributed by atoms with Crippen molar-refractivity contribution in [1.29, 1.82) is 0 Å². The van der Waals surface area contributed by atoms with Gasteiger partial charge in [-0.05, 0) is 37.0 Å². The van der Waals surface area contributed by atoms with Crippen molar-refractivity contribution in [2.24, 2.45) is 5.92 Å². The lowest BCUT2D eigenvalue weighted by Gasteiger charge is -2.34. The highest BCUT2D eigenvalue weighted by Crippen LogP contribution is 2.20. The van der Waals surface area contributed by atoms with Crippen LogP contribution in [0.15, 0.2) is 24.3 Å². The normalized spacial score (nSPS) is 24.3. The lowest BCUT2D eigenvalue weighted by Crippen LogP contribution is -2.47. The molecule has 0 aliphatic carbocycles. The van der Waals surface area contributed by atoms with Crippen LogP contribution < -0.4 is 5.32 Å². The highest BCUT2D eigenvalue weighted by atomic mass is 16.3. The fraction of sp³-hybridized carbons (Fsp3) is 0.533. The maximum Gasteiger partial charge on any atom is 0.321 e. The van der Waals surface area contributed by atoms with Gasteiger partial charge in [0.1, 0.15) is 0 Å². The van der Waals surface area contributed by atoms with E-state index in [2.05, 4.69) is 5.32 Å². The van der Waals surface area contributed by atoms with Gasteiger partial charge in [0.2, 0.25) is 0 Å². The summed E-state index contributed by atoms with van der Waals surface area (Å²) in [6, 6.07) is 6.94. The first kappa shape index (κ1) is 14.8. The van der Waals surface area contributed by atoms with E-state index in [1.54, 1.807) is 30.0 Å². The molecular weight excluding hydrogens is 256 g/mol. The topological polar surface area (TPSA) is 72.8 Å². The van der Waals surface area contributed by atoms with Crippen LogP contribution in [0.5, 0.6) is 0 Å². The summed E-state index contributed by atoms with van der Waals surface area (Å²) in [4.78, 5) is 13.8. The molecule has 0 bridgehead atoms. The molecule has 0 aromatic heterocycles. The Balaban J connectivity index is 1.99. The van der Waals surface area contributed by atoms with Gasteiger partial charge in [0.25, 0.3) is 0 Å². The van der Waals surface area contributed by atoms with Crippen molar-refractivity contribution in [3.63, 3.8) is 0 Å². The number of likely N-dealkylation sites (tertiary alicyclic amines) is 1. The number of aliphatic hydroxyl groups excluding tert-OH is 2. The van der Waals surface area contributed by atoms with Crippen molar-refractivity contribution < 1.29 is 15.0 Å². The van der Waals surface area contributed by atoms with Gasteiger partial charge in [-0.1, -0.05) is 19.1 Å². The van der Waals surface area contributed by atoms with Crippen molar-refractivity contribution in [3.8, 4) is 0 Å². The van der Waals surface area contributed by atoms with Crippen molar-refractivity contribution in [2.75, 3.05) is 18.4 Å². The van der Waals surface area contributed by atoms with E-state index in [0.29, 0.717) is 18.8 Å². The predicted octanol–water partition coefficient (Wildman–Crippen LogP) is 1.97. The van der Waals surface area contributed by atoms with E-state index in [4.69, 9.17) is 0 Å². The molecule has 5 nitrogen and oxygen atoms in total. The SMILES string of the molecule is CC(O)c1cccc(NC(=O)N2CCC(C)C(O)C2)c1. The highest BCUT2D eigenvalue weighted by molar-refractivity contribution is 5.89. The third-order valence-electron chi connectivity index (χ3n) is 3.83. The number of hydrogen-bond acceptors (Lipinski definition) is 3. The minimum absolute atomic E-state index is 0.210. The molecule has 1 saturated heterocycles. The number of benzene rings is 1. The molecule has 5 heteroatoms. The predicted molar refractivity (Wildman–Crippen MR) is 77.5 cm³/mol. The minimum atomic E-state index is -0.565. The van der Waals surface area contributed by atoms with E-state index in [9.17, 15) is 15.0 Å². The fourth-order valence-corrected chi connectivity index (χ4v) is 2.31. The molecular formula is C15H22N2O3. The van der Waals surface area contributed by atoms with Crippen LogP contribution in [0.25, 0.3) is 0 Å². The average molecular weight is 278 g/mol. The van der Waals surface area contributed by atoms with Gasteiger partial charge in [0, 0.05) is 18.8 Å². The number of nitrogens with zero attached hydrogens (tertiary/aromatic N) is 1. The second-order valence-electron chi connectivity index (χ2n) is 5.51. The van der Waals surface area contributed by atoms with Gasteiger partial charge in [-0.25, -0.2) is 4.79 Å². The Morgan fingerprint density at radius 2 is 2.25 bits per heavy atom. The number of nitrogens with one attached hydrogen (secondary N) is 1. The Hall–Kier alpha value is -1.59. The molecule has 1 heterocycles. The van der Waals surface area contributed by atoms with Gasteiger partial charge in [0.05, 0.1) is 12.2 Å². The van der Waals surface area contributed by atoms with Crippen LogP contribution in [-0.4, -0.2) is 40.3 Å². The molecule has 3 unspecified atom stereocenters. The second kappa shape index (κ2) is 6.24. The summed E-state index contributed by atoms with van der Waals surface area (Å²) in [6.45, 7) is 4.69. The monoisotopic (exact) mass is 278 g/mol. The van der Waals surface area contributed by atoms with E-state index in [1.165, 1.54) is 0 Å².